The van der Waals surface area contributed by atoms with E-state index in [4.69, 9.17) is 9.47 Å². The van der Waals surface area contributed by atoms with Crippen LogP contribution in [0.1, 0.15) is 19.4 Å². The van der Waals surface area contributed by atoms with Crippen LogP contribution >= 0.6 is 0 Å². The lowest BCUT2D eigenvalue weighted by Gasteiger charge is -2.20. The van der Waals surface area contributed by atoms with Crippen molar-refractivity contribution in [3.8, 4) is 0 Å². The molecule has 0 unspecified atom stereocenters. The van der Waals surface area contributed by atoms with Crippen molar-refractivity contribution in [2.75, 3.05) is 20.3 Å². The minimum absolute atomic E-state index is 0.0734. The summed E-state index contributed by atoms with van der Waals surface area (Å²) < 4.78 is 10.3. The van der Waals surface area contributed by atoms with Gasteiger partial charge in [-0.2, -0.15) is 0 Å². The average Bonchev–Trinajstić information content (AvgIpc) is 2.43. The van der Waals surface area contributed by atoms with Crippen molar-refractivity contribution in [2.24, 2.45) is 0 Å². The normalized spacial score (nSPS) is 12.2. The Kier molecular flexibility index (Phi) is 7.69. The molecule has 0 fully saturated rings. The van der Waals surface area contributed by atoms with Crippen LogP contribution in [0, 0.1) is 0 Å². The number of benzene rings is 1. The summed E-state index contributed by atoms with van der Waals surface area (Å²) in [6, 6.07) is 10.00. The molecule has 1 rings (SSSR count). The fourth-order valence-corrected chi connectivity index (χ4v) is 1.82. The zero-order valence-electron chi connectivity index (χ0n) is 12.4. The summed E-state index contributed by atoms with van der Waals surface area (Å²) in [7, 11) is 1.64. The maximum atomic E-state index is 11.6. The number of carbonyl (C=O) groups excluding carboxylic acids is 1. The molecule has 0 aliphatic rings. The molecule has 0 saturated heterocycles. The second-order valence-corrected chi connectivity index (χ2v) is 4.92. The van der Waals surface area contributed by atoms with Gasteiger partial charge >= 0.3 is 6.09 Å². The molecule has 5 nitrogen and oxygen atoms in total. The molecule has 0 aromatic heterocycles. The van der Waals surface area contributed by atoms with E-state index in [0.717, 1.165) is 5.56 Å². The zero-order chi connectivity index (χ0) is 14.8. The van der Waals surface area contributed by atoms with Gasteiger partial charge < -0.3 is 20.1 Å². The van der Waals surface area contributed by atoms with E-state index in [1.165, 1.54) is 0 Å². The Labute approximate surface area is 120 Å². The van der Waals surface area contributed by atoms with Crippen LogP contribution in [0.15, 0.2) is 30.3 Å². The topological polar surface area (TPSA) is 59.6 Å². The van der Waals surface area contributed by atoms with Crippen LogP contribution < -0.4 is 10.6 Å². The minimum Gasteiger partial charge on any atom is -0.445 e. The average molecular weight is 280 g/mol. The third-order valence-corrected chi connectivity index (χ3v) is 2.64. The molecule has 0 aliphatic heterocycles. The predicted molar refractivity (Wildman–Crippen MR) is 78.6 cm³/mol. The minimum atomic E-state index is -0.416. The van der Waals surface area contributed by atoms with E-state index in [1.807, 2.05) is 30.3 Å². The van der Waals surface area contributed by atoms with E-state index < -0.39 is 6.09 Å². The summed E-state index contributed by atoms with van der Waals surface area (Å²) >= 11 is 0. The molecule has 112 valence electrons. The molecule has 0 radical (unpaired) electrons. The number of hydrogen-bond acceptors (Lipinski definition) is 4. The largest absolute Gasteiger partial charge is 0.445 e. The molecule has 20 heavy (non-hydrogen) atoms. The molecule has 1 atom stereocenters. The highest BCUT2D eigenvalue weighted by atomic mass is 16.5. The molecule has 0 spiro atoms. The van der Waals surface area contributed by atoms with Crippen molar-refractivity contribution in [1.82, 2.24) is 10.6 Å². The Balaban J connectivity index is 2.27. The second-order valence-electron chi connectivity index (χ2n) is 4.92. The Morgan fingerprint density at radius 2 is 1.95 bits per heavy atom. The number of rotatable bonds is 8. The second kappa shape index (κ2) is 9.34. The third kappa shape index (κ3) is 7.11. The number of nitrogens with one attached hydrogen (secondary N) is 2. The molecular formula is C15H24N2O3. The maximum absolute atomic E-state index is 11.6. The Morgan fingerprint density at radius 3 is 2.55 bits per heavy atom. The molecule has 2 N–H and O–H groups in total. The quantitative estimate of drug-likeness (QED) is 0.764. The molecular weight excluding hydrogens is 256 g/mol. The van der Waals surface area contributed by atoms with E-state index >= 15 is 0 Å². The summed E-state index contributed by atoms with van der Waals surface area (Å²) in [4.78, 5) is 11.6. The van der Waals surface area contributed by atoms with Gasteiger partial charge in [-0.05, 0) is 5.56 Å². The fraction of sp³-hybridized carbons (Fsp3) is 0.533. The first-order valence-corrected chi connectivity index (χ1v) is 6.81. The van der Waals surface area contributed by atoms with Gasteiger partial charge in [-0.15, -0.1) is 0 Å². The van der Waals surface area contributed by atoms with Gasteiger partial charge in [0, 0.05) is 25.7 Å². The van der Waals surface area contributed by atoms with E-state index in [-0.39, 0.29) is 12.6 Å². The molecule has 0 saturated carbocycles. The summed E-state index contributed by atoms with van der Waals surface area (Å²) in [6.45, 7) is 5.39. The Morgan fingerprint density at radius 1 is 1.25 bits per heavy atom. The van der Waals surface area contributed by atoms with Gasteiger partial charge in [-0.3, -0.25) is 0 Å². The summed E-state index contributed by atoms with van der Waals surface area (Å²) in [5.74, 6) is 0. The van der Waals surface area contributed by atoms with Gasteiger partial charge in [-0.1, -0.05) is 44.2 Å². The maximum Gasteiger partial charge on any atom is 0.407 e. The number of carbonyl (C=O) groups is 1. The molecule has 5 heteroatoms. The first kappa shape index (κ1) is 16.5. The van der Waals surface area contributed by atoms with Gasteiger partial charge in [0.05, 0.1) is 6.61 Å². The van der Waals surface area contributed by atoms with Crippen LogP contribution in [-0.2, 0) is 16.1 Å². The highest BCUT2D eigenvalue weighted by molar-refractivity contribution is 5.67. The summed E-state index contributed by atoms with van der Waals surface area (Å²) in [5, 5.41) is 6.05. The molecule has 0 heterocycles. The van der Waals surface area contributed by atoms with Crippen LogP contribution in [0.2, 0.25) is 0 Å². The van der Waals surface area contributed by atoms with Gasteiger partial charge in [0.2, 0.25) is 0 Å². The third-order valence-electron chi connectivity index (χ3n) is 2.64. The van der Waals surface area contributed by atoms with Gasteiger partial charge in [-0.25, -0.2) is 4.79 Å². The number of hydrogen-bond donors (Lipinski definition) is 2. The fourth-order valence-electron chi connectivity index (χ4n) is 1.82. The SMILES string of the molecule is COC[C@H](CNC(=O)OCc1ccccc1)NC(C)C. The first-order valence-electron chi connectivity index (χ1n) is 6.81. The number of alkyl carbamates (subject to hydrolysis) is 1. The molecule has 1 aromatic carbocycles. The molecule has 1 amide bonds. The molecule has 0 aliphatic carbocycles. The predicted octanol–water partition coefficient (Wildman–Crippen LogP) is 1.93. The highest BCUT2D eigenvalue weighted by Gasteiger charge is 2.11. The van der Waals surface area contributed by atoms with Crippen molar-refractivity contribution in [3.63, 3.8) is 0 Å². The summed E-state index contributed by atoms with van der Waals surface area (Å²) in [5.41, 5.74) is 0.969. The van der Waals surface area contributed by atoms with E-state index in [1.54, 1.807) is 7.11 Å². The van der Waals surface area contributed by atoms with Crippen LogP contribution in [0.25, 0.3) is 0 Å². The van der Waals surface area contributed by atoms with Crippen molar-refractivity contribution < 1.29 is 14.3 Å². The lowest BCUT2D eigenvalue weighted by molar-refractivity contribution is 0.131. The van der Waals surface area contributed by atoms with Crippen LogP contribution in [0.4, 0.5) is 4.79 Å². The van der Waals surface area contributed by atoms with Gasteiger partial charge in [0.25, 0.3) is 0 Å². The standard InChI is InChI=1S/C15H24N2O3/c1-12(2)17-14(11-19-3)9-16-15(18)20-10-13-7-5-4-6-8-13/h4-8,12,14,17H,9-11H2,1-3H3,(H,16,18)/t14-/m0/s1. The van der Waals surface area contributed by atoms with Crippen molar-refractivity contribution in [3.05, 3.63) is 35.9 Å². The van der Waals surface area contributed by atoms with Crippen molar-refractivity contribution >= 4 is 6.09 Å². The monoisotopic (exact) mass is 280 g/mol. The number of methoxy groups -OCH3 is 1. The highest BCUT2D eigenvalue weighted by Crippen LogP contribution is 2.00. The van der Waals surface area contributed by atoms with E-state index in [2.05, 4.69) is 24.5 Å². The van der Waals surface area contributed by atoms with Gasteiger partial charge in [0.1, 0.15) is 6.61 Å². The van der Waals surface area contributed by atoms with Gasteiger partial charge in [0.15, 0.2) is 0 Å². The van der Waals surface area contributed by atoms with E-state index in [9.17, 15) is 4.79 Å². The molecule has 0 bridgehead atoms. The van der Waals surface area contributed by atoms with Crippen molar-refractivity contribution in [1.29, 1.82) is 0 Å². The van der Waals surface area contributed by atoms with Crippen LogP contribution in [-0.4, -0.2) is 38.4 Å². The lowest BCUT2D eigenvalue weighted by Crippen LogP contribution is -2.46. The van der Waals surface area contributed by atoms with E-state index in [0.29, 0.717) is 19.2 Å². The number of ether oxygens (including phenoxy) is 2. The Hall–Kier alpha value is -1.59. The lowest BCUT2D eigenvalue weighted by atomic mass is 10.2. The number of amides is 1. The smallest absolute Gasteiger partial charge is 0.407 e. The molecule has 1 aromatic rings. The van der Waals surface area contributed by atoms with Crippen LogP contribution in [0.3, 0.4) is 0 Å². The Bertz CT molecular complexity index is 382. The first-order chi connectivity index (χ1) is 9.61. The summed E-state index contributed by atoms with van der Waals surface area (Å²) in [6.07, 6.45) is -0.416. The van der Waals surface area contributed by atoms with Crippen LogP contribution in [0.5, 0.6) is 0 Å². The van der Waals surface area contributed by atoms with Crippen molar-refractivity contribution in [2.45, 2.75) is 32.5 Å². The zero-order valence-corrected chi connectivity index (χ0v) is 12.4.